The Morgan fingerprint density at radius 1 is 1.19 bits per heavy atom. The number of carbonyl (C=O) groups excluding carboxylic acids is 1. The predicted molar refractivity (Wildman–Crippen MR) is 91.2 cm³/mol. The van der Waals surface area contributed by atoms with E-state index in [9.17, 15) is 18.7 Å². The lowest BCUT2D eigenvalue weighted by Gasteiger charge is -2.61. The lowest BCUT2D eigenvalue weighted by atomic mass is 9.51. The van der Waals surface area contributed by atoms with Crippen molar-refractivity contribution in [3.8, 4) is 0 Å². The third kappa shape index (κ3) is 2.17. The first kappa shape index (κ1) is 16.5. The van der Waals surface area contributed by atoms with Crippen LogP contribution in [0.3, 0.4) is 0 Å². The van der Waals surface area contributed by atoms with Gasteiger partial charge in [0.25, 0.3) is 0 Å². The lowest BCUT2D eigenvalue weighted by molar-refractivity contribution is -0.161. The van der Waals surface area contributed by atoms with Gasteiger partial charge in [-0.1, -0.05) is 6.07 Å². The monoisotopic (exact) mass is 362 g/mol. The molecule has 1 heterocycles. The molecule has 4 saturated carbocycles. The Kier molecular flexibility index (Phi) is 3.29. The standard InChI is InChI=1S/C20H24F2N2O2/c1-19(15-3-2-14(21)6-16(15)22)10-23-18(25)24(19)17-12-4-11-5-13(17)9-20(26,7-11)8-12/h2-3,6,11-13,17,26H,4-5,7-10H2,1H3,(H,23,25). The van der Waals surface area contributed by atoms with Gasteiger partial charge in [0, 0.05) is 24.2 Å². The molecule has 4 aliphatic carbocycles. The van der Waals surface area contributed by atoms with E-state index in [0.717, 1.165) is 38.2 Å². The fraction of sp³-hybridized carbons (Fsp3) is 0.650. The summed E-state index contributed by atoms with van der Waals surface area (Å²) in [7, 11) is 0. The average Bonchev–Trinajstić information content (AvgIpc) is 2.82. The third-order valence-corrected chi connectivity index (χ3v) is 7.33. The first-order valence-corrected chi connectivity index (χ1v) is 9.54. The number of carbonyl (C=O) groups is 1. The summed E-state index contributed by atoms with van der Waals surface area (Å²) in [5.74, 6) is -0.198. The van der Waals surface area contributed by atoms with E-state index in [1.807, 2.05) is 11.8 Å². The van der Waals surface area contributed by atoms with E-state index in [2.05, 4.69) is 5.32 Å². The molecular weight excluding hydrogens is 338 g/mol. The van der Waals surface area contributed by atoms with E-state index in [4.69, 9.17) is 0 Å². The molecule has 2 N–H and O–H groups in total. The zero-order valence-electron chi connectivity index (χ0n) is 14.8. The molecule has 4 bridgehead atoms. The second kappa shape index (κ2) is 5.18. The van der Waals surface area contributed by atoms with Crippen LogP contribution in [-0.2, 0) is 5.54 Å². The fourth-order valence-corrected chi connectivity index (χ4v) is 6.63. The van der Waals surface area contributed by atoms with E-state index in [1.165, 1.54) is 12.1 Å². The smallest absolute Gasteiger partial charge is 0.318 e. The molecular formula is C20H24F2N2O2. The number of hydrogen-bond donors (Lipinski definition) is 2. The maximum Gasteiger partial charge on any atom is 0.318 e. The van der Waals surface area contributed by atoms with Crippen LogP contribution < -0.4 is 5.32 Å². The molecule has 5 fully saturated rings. The summed E-state index contributed by atoms with van der Waals surface area (Å²) in [6.45, 7) is 2.17. The fourth-order valence-electron chi connectivity index (χ4n) is 6.63. The van der Waals surface area contributed by atoms with Gasteiger partial charge < -0.3 is 15.3 Å². The Bertz CT molecular complexity index is 769. The van der Waals surface area contributed by atoms with Crippen LogP contribution in [0.5, 0.6) is 0 Å². The number of halogens is 2. The topological polar surface area (TPSA) is 52.6 Å². The number of nitrogens with one attached hydrogen (secondary N) is 1. The van der Waals surface area contributed by atoms with Gasteiger partial charge in [-0.2, -0.15) is 0 Å². The first-order chi connectivity index (χ1) is 12.3. The van der Waals surface area contributed by atoms with E-state index in [0.29, 0.717) is 18.0 Å². The van der Waals surface area contributed by atoms with Crippen LogP contribution in [0, 0.1) is 29.4 Å². The van der Waals surface area contributed by atoms with Crippen molar-refractivity contribution < 1.29 is 18.7 Å². The normalized spacial score (nSPS) is 43.8. The Labute approximate surface area is 151 Å². The van der Waals surface area contributed by atoms with Crippen molar-refractivity contribution in [2.45, 2.75) is 56.2 Å². The number of rotatable bonds is 2. The summed E-state index contributed by atoms with van der Waals surface area (Å²) in [6.07, 6.45) is 4.36. The summed E-state index contributed by atoms with van der Waals surface area (Å²) in [5.41, 5.74) is -1.08. The van der Waals surface area contributed by atoms with Crippen LogP contribution in [-0.4, -0.2) is 34.2 Å². The Morgan fingerprint density at radius 3 is 2.50 bits per heavy atom. The number of hydrogen-bond acceptors (Lipinski definition) is 2. The van der Waals surface area contributed by atoms with E-state index < -0.39 is 22.8 Å². The largest absolute Gasteiger partial charge is 0.390 e. The second-order valence-corrected chi connectivity index (χ2v) is 9.11. The SMILES string of the molecule is CC1(c2ccc(F)cc2F)CNC(=O)N1C1C2CC3CC1CC(O)(C3)C2. The minimum Gasteiger partial charge on any atom is -0.390 e. The number of benzene rings is 1. The van der Waals surface area contributed by atoms with Crippen molar-refractivity contribution >= 4 is 6.03 Å². The highest BCUT2D eigenvalue weighted by atomic mass is 19.1. The average molecular weight is 362 g/mol. The van der Waals surface area contributed by atoms with Crippen molar-refractivity contribution in [2.75, 3.05) is 6.54 Å². The zero-order chi connectivity index (χ0) is 18.3. The molecule has 6 rings (SSSR count). The van der Waals surface area contributed by atoms with Crippen molar-refractivity contribution in [1.29, 1.82) is 0 Å². The Hall–Kier alpha value is -1.69. The minimum atomic E-state index is -0.850. The Balaban J connectivity index is 1.56. The van der Waals surface area contributed by atoms with Gasteiger partial charge in [0.1, 0.15) is 11.6 Å². The van der Waals surface area contributed by atoms with Gasteiger partial charge in [-0.05, 0) is 62.8 Å². The molecule has 0 spiro atoms. The molecule has 3 atom stereocenters. The molecule has 140 valence electrons. The van der Waals surface area contributed by atoms with E-state index in [1.54, 1.807) is 0 Å². The molecule has 6 heteroatoms. The molecule has 1 aliphatic heterocycles. The summed E-state index contributed by atoms with van der Waals surface area (Å²) in [4.78, 5) is 14.6. The molecule has 5 aliphatic rings. The van der Waals surface area contributed by atoms with Gasteiger partial charge in [-0.15, -0.1) is 0 Å². The van der Waals surface area contributed by atoms with Crippen LogP contribution in [0.1, 0.15) is 44.6 Å². The number of urea groups is 1. The Morgan fingerprint density at radius 2 is 1.88 bits per heavy atom. The summed E-state index contributed by atoms with van der Waals surface area (Å²) < 4.78 is 28.0. The summed E-state index contributed by atoms with van der Waals surface area (Å²) in [6, 6.07) is 3.43. The quantitative estimate of drug-likeness (QED) is 0.849. The number of aliphatic hydroxyl groups is 1. The van der Waals surface area contributed by atoms with Gasteiger partial charge in [0.2, 0.25) is 0 Å². The molecule has 26 heavy (non-hydrogen) atoms. The van der Waals surface area contributed by atoms with Gasteiger partial charge in [-0.3, -0.25) is 0 Å². The summed E-state index contributed by atoms with van der Waals surface area (Å²) in [5, 5.41) is 13.7. The number of nitrogens with zero attached hydrogens (tertiary/aromatic N) is 1. The van der Waals surface area contributed by atoms with Crippen LogP contribution in [0.25, 0.3) is 0 Å². The molecule has 1 aromatic carbocycles. The summed E-state index contributed by atoms with van der Waals surface area (Å²) >= 11 is 0. The highest BCUT2D eigenvalue weighted by Gasteiger charge is 2.60. The molecule has 0 radical (unpaired) electrons. The van der Waals surface area contributed by atoms with Crippen molar-refractivity contribution in [1.82, 2.24) is 10.2 Å². The maximum atomic E-state index is 14.6. The van der Waals surface area contributed by atoms with Crippen molar-refractivity contribution in [3.63, 3.8) is 0 Å². The first-order valence-electron chi connectivity index (χ1n) is 9.54. The van der Waals surface area contributed by atoms with Gasteiger partial charge in [0.05, 0.1) is 11.1 Å². The van der Waals surface area contributed by atoms with Crippen LogP contribution in [0.15, 0.2) is 18.2 Å². The van der Waals surface area contributed by atoms with Crippen LogP contribution >= 0.6 is 0 Å². The van der Waals surface area contributed by atoms with E-state index in [-0.39, 0.29) is 23.9 Å². The van der Waals surface area contributed by atoms with Crippen molar-refractivity contribution in [3.05, 3.63) is 35.4 Å². The van der Waals surface area contributed by atoms with Gasteiger partial charge >= 0.3 is 6.03 Å². The lowest BCUT2D eigenvalue weighted by Crippen LogP contribution is -2.64. The minimum absolute atomic E-state index is 0.00350. The molecule has 1 aromatic rings. The van der Waals surface area contributed by atoms with Gasteiger partial charge in [-0.25, -0.2) is 13.6 Å². The van der Waals surface area contributed by atoms with Crippen LogP contribution in [0.2, 0.25) is 0 Å². The van der Waals surface area contributed by atoms with E-state index >= 15 is 0 Å². The zero-order valence-corrected chi connectivity index (χ0v) is 14.8. The third-order valence-electron chi connectivity index (χ3n) is 7.33. The molecule has 0 aromatic heterocycles. The molecule has 3 unspecified atom stereocenters. The highest BCUT2D eigenvalue weighted by molar-refractivity contribution is 5.79. The second-order valence-electron chi connectivity index (χ2n) is 9.11. The highest BCUT2D eigenvalue weighted by Crippen LogP contribution is 2.58. The maximum absolute atomic E-state index is 14.6. The van der Waals surface area contributed by atoms with Crippen molar-refractivity contribution in [2.24, 2.45) is 17.8 Å². The van der Waals surface area contributed by atoms with Crippen LogP contribution in [0.4, 0.5) is 13.6 Å². The van der Waals surface area contributed by atoms with Gasteiger partial charge in [0.15, 0.2) is 0 Å². The molecule has 2 amide bonds. The molecule has 1 saturated heterocycles. The molecule has 4 nitrogen and oxygen atoms in total. The predicted octanol–water partition coefficient (Wildman–Crippen LogP) is 3.14. The number of amides is 2.